The highest BCUT2D eigenvalue weighted by molar-refractivity contribution is 5.90. The molecule has 1 atom stereocenters. The topological polar surface area (TPSA) is 63.2 Å². The summed E-state index contributed by atoms with van der Waals surface area (Å²) in [7, 11) is 0. The van der Waals surface area contributed by atoms with Crippen molar-refractivity contribution >= 4 is 16.7 Å². The fraction of sp³-hybridized carbons (Fsp3) is 0.240. The van der Waals surface area contributed by atoms with Gasteiger partial charge in [-0.1, -0.05) is 42.5 Å². The van der Waals surface area contributed by atoms with Crippen molar-refractivity contribution < 1.29 is 4.74 Å². The molecule has 0 amide bonds. The van der Waals surface area contributed by atoms with E-state index in [1.807, 2.05) is 30.3 Å². The highest BCUT2D eigenvalue weighted by atomic mass is 16.5. The standard InChI is InChI=1S/C25H25N5O/c1-2-7-19(8-3-1)23(18-30-13-15-31-16-14-30)28-25-21-10-4-5-11-22(21)27-24(29-25)20-9-6-12-26-17-20/h1-12,17,23H,13-16,18H2,(H,27,28,29)/t23-/m1/s1. The van der Waals surface area contributed by atoms with Crippen molar-refractivity contribution in [3.05, 3.63) is 84.7 Å². The second kappa shape index (κ2) is 9.20. The van der Waals surface area contributed by atoms with Crippen LogP contribution in [0.2, 0.25) is 0 Å². The quantitative estimate of drug-likeness (QED) is 0.514. The van der Waals surface area contributed by atoms with E-state index in [4.69, 9.17) is 14.7 Å². The summed E-state index contributed by atoms with van der Waals surface area (Å²) in [5.74, 6) is 1.51. The average Bonchev–Trinajstić information content (AvgIpc) is 2.85. The van der Waals surface area contributed by atoms with Gasteiger partial charge in [-0.3, -0.25) is 9.88 Å². The Labute approximate surface area is 181 Å². The minimum absolute atomic E-state index is 0.0966. The van der Waals surface area contributed by atoms with Crippen LogP contribution in [-0.4, -0.2) is 52.7 Å². The number of rotatable bonds is 6. The molecule has 0 radical (unpaired) electrons. The van der Waals surface area contributed by atoms with Gasteiger partial charge in [-0.15, -0.1) is 0 Å². The van der Waals surface area contributed by atoms with Crippen LogP contribution in [0.15, 0.2) is 79.1 Å². The lowest BCUT2D eigenvalue weighted by Crippen LogP contribution is -2.40. The molecule has 31 heavy (non-hydrogen) atoms. The van der Waals surface area contributed by atoms with Crippen LogP contribution in [-0.2, 0) is 4.74 Å². The molecule has 0 bridgehead atoms. The van der Waals surface area contributed by atoms with Gasteiger partial charge in [0.2, 0.25) is 0 Å². The van der Waals surface area contributed by atoms with Crippen LogP contribution in [0, 0.1) is 0 Å². The molecule has 0 saturated carbocycles. The minimum Gasteiger partial charge on any atom is -0.379 e. The number of fused-ring (bicyclic) bond motifs is 1. The molecule has 156 valence electrons. The fourth-order valence-corrected chi connectivity index (χ4v) is 3.94. The molecule has 6 heteroatoms. The van der Waals surface area contributed by atoms with Gasteiger partial charge >= 0.3 is 0 Å². The zero-order chi connectivity index (χ0) is 20.9. The smallest absolute Gasteiger partial charge is 0.163 e. The molecule has 1 saturated heterocycles. The first-order valence-corrected chi connectivity index (χ1v) is 10.7. The number of nitrogens with one attached hydrogen (secondary N) is 1. The Bertz CT molecular complexity index is 1130. The molecular formula is C25H25N5O. The first kappa shape index (κ1) is 19.6. The van der Waals surface area contributed by atoms with E-state index in [0.29, 0.717) is 5.82 Å². The number of morpholine rings is 1. The Hall–Kier alpha value is -3.35. The fourth-order valence-electron chi connectivity index (χ4n) is 3.94. The first-order chi connectivity index (χ1) is 15.4. The number of para-hydroxylation sites is 1. The van der Waals surface area contributed by atoms with Crippen LogP contribution in [0.25, 0.3) is 22.3 Å². The van der Waals surface area contributed by atoms with Crippen molar-refractivity contribution in [2.45, 2.75) is 6.04 Å². The van der Waals surface area contributed by atoms with Crippen molar-refractivity contribution in [2.75, 3.05) is 38.2 Å². The molecule has 2 aromatic heterocycles. The number of anilines is 1. The normalized spacial score (nSPS) is 15.6. The zero-order valence-corrected chi connectivity index (χ0v) is 17.3. The monoisotopic (exact) mass is 411 g/mol. The summed E-state index contributed by atoms with van der Waals surface area (Å²) >= 11 is 0. The van der Waals surface area contributed by atoms with Gasteiger partial charge in [-0.05, 0) is 29.8 Å². The summed E-state index contributed by atoms with van der Waals surface area (Å²) in [4.78, 5) is 16.4. The maximum absolute atomic E-state index is 5.54. The van der Waals surface area contributed by atoms with Crippen LogP contribution in [0.3, 0.4) is 0 Å². The van der Waals surface area contributed by atoms with Crippen LogP contribution in [0.5, 0.6) is 0 Å². The second-order valence-electron chi connectivity index (χ2n) is 7.68. The van der Waals surface area contributed by atoms with Crippen molar-refractivity contribution in [1.82, 2.24) is 19.9 Å². The number of hydrogen-bond donors (Lipinski definition) is 1. The van der Waals surface area contributed by atoms with E-state index in [9.17, 15) is 0 Å². The first-order valence-electron chi connectivity index (χ1n) is 10.7. The van der Waals surface area contributed by atoms with Gasteiger partial charge in [-0.2, -0.15) is 0 Å². The Balaban J connectivity index is 1.54. The minimum atomic E-state index is 0.0966. The number of hydrogen-bond acceptors (Lipinski definition) is 6. The van der Waals surface area contributed by atoms with E-state index < -0.39 is 0 Å². The van der Waals surface area contributed by atoms with Gasteiger partial charge in [0.25, 0.3) is 0 Å². The molecule has 6 nitrogen and oxygen atoms in total. The molecule has 0 aliphatic carbocycles. The lowest BCUT2D eigenvalue weighted by molar-refractivity contribution is 0.0361. The number of pyridine rings is 1. The van der Waals surface area contributed by atoms with E-state index in [1.165, 1.54) is 5.56 Å². The third-order valence-electron chi connectivity index (χ3n) is 5.58. The summed E-state index contributed by atoms with van der Waals surface area (Å²) in [5.41, 5.74) is 3.05. The van der Waals surface area contributed by atoms with Crippen LogP contribution >= 0.6 is 0 Å². The summed E-state index contributed by atoms with van der Waals surface area (Å²) in [6.45, 7) is 4.33. The molecule has 0 unspecified atom stereocenters. The Morgan fingerprint density at radius 1 is 0.903 bits per heavy atom. The highest BCUT2D eigenvalue weighted by Gasteiger charge is 2.20. The number of benzene rings is 2. The molecule has 0 spiro atoms. The molecule has 2 aromatic carbocycles. The number of nitrogens with zero attached hydrogens (tertiary/aromatic N) is 4. The summed E-state index contributed by atoms with van der Waals surface area (Å²) < 4.78 is 5.54. The van der Waals surface area contributed by atoms with E-state index in [1.54, 1.807) is 12.4 Å². The SMILES string of the molecule is c1ccc([C@@H](CN2CCOCC2)Nc2nc(-c3cccnc3)nc3ccccc23)cc1. The van der Waals surface area contributed by atoms with Crippen molar-refractivity contribution in [3.8, 4) is 11.4 Å². The lowest BCUT2D eigenvalue weighted by atomic mass is 10.1. The highest BCUT2D eigenvalue weighted by Crippen LogP contribution is 2.28. The largest absolute Gasteiger partial charge is 0.379 e. The maximum Gasteiger partial charge on any atom is 0.163 e. The molecule has 5 rings (SSSR count). The predicted octanol–water partition coefficient (Wildman–Crippen LogP) is 4.18. The molecule has 1 aliphatic heterocycles. The average molecular weight is 412 g/mol. The number of ether oxygens (including phenoxy) is 1. The van der Waals surface area contributed by atoms with Crippen molar-refractivity contribution in [3.63, 3.8) is 0 Å². The van der Waals surface area contributed by atoms with Gasteiger partial charge in [0, 0.05) is 43.0 Å². The molecule has 1 aliphatic rings. The van der Waals surface area contributed by atoms with E-state index in [2.05, 4.69) is 51.6 Å². The van der Waals surface area contributed by atoms with E-state index >= 15 is 0 Å². The van der Waals surface area contributed by atoms with Gasteiger partial charge in [0.15, 0.2) is 5.82 Å². The Kier molecular flexibility index (Phi) is 5.82. The summed E-state index contributed by atoms with van der Waals surface area (Å²) in [5, 5.41) is 4.75. The third-order valence-corrected chi connectivity index (χ3v) is 5.58. The van der Waals surface area contributed by atoms with Gasteiger partial charge in [-0.25, -0.2) is 9.97 Å². The van der Waals surface area contributed by atoms with Crippen LogP contribution in [0.1, 0.15) is 11.6 Å². The van der Waals surface area contributed by atoms with Gasteiger partial charge in [0.1, 0.15) is 5.82 Å². The Morgan fingerprint density at radius 3 is 2.52 bits per heavy atom. The van der Waals surface area contributed by atoms with Gasteiger partial charge in [0.05, 0.1) is 24.8 Å². The van der Waals surface area contributed by atoms with E-state index in [0.717, 1.165) is 55.1 Å². The van der Waals surface area contributed by atoms with E-state index in [-0.39, 0.29) is 6.04 Å². The molecular weight excluding hydrogens is 386 g/mol. The zero-order valence-electron chi connectivity index (χ0n) is 17.3. The molecule has 3 heterocycles. The number of aromatic nitrogens is 3. The van der Waals surface area contributed by atoms with Crippen LogP contribution in [0.4, 0.5) is 5.82 Å². The summed E-state index contributed by atoms with van der Waals surface area (Å²) in [6.07, 6.45) is 3.56. The summed E-state index contributed by atoms with van der Waals surface area (Å²) in [6, 6.07) is 22.7. The van der Waals surface area contributed by atoms with Crippen molar-refractivity contribution in [2.24, 2.45) is 0 Å². The molecule has 4 aromatic rings. The second-order valence-corrected chi connectivity index (χ2v) is 7.68. The van der Waals surface area contributed by atoms with Crippen molar-refractivity contribution in [1.29, 1.82) is 0 Å². The Morgan fingerprint density at radius 2 is 1.71 bits per heavy atom. The lowest BCUT2D eigenvalue weighted by Gasteiger charge is -2.31. The van der Waals surface area contributed by atoms with Gasteiger partial charge < -0.3 is 10.1 Å². The molecule has 1 fully saturated rings. The third kappa shape index (κ3) is 4.55. The predicted molar refractivity (Wildman–Crippen MR) is 123 cm³/mol. The van der Waals surface area contributed by atoms with Crippen LogP contribution < -0.4 is 5.32 Å². The molecule has 1 N–H and O–H groups in total. The maximum atomic E-state index is 5.54.